The summed E-state index contributed by atoms with van der Waals surface area (Å²) in [4.78, 5) is 7.99. The number of benzene rings is 2. The molecule has 0 saturated heterocycles. The topological polar surface area (TPSA) is 25.4 Å². The van der Waals surface area contributed by atoms with Crippen molar-refractivity contribution in [1.29, 1.82) is 0 Å². The van der Waals surface area contributed by atoms with Gasteiger partial charge in [-0.15, -0.1) is 11.3 Å². The van der Waals surface area contributed by atoms with E-state index in [1.807, 2.05) is 25.3 Å². The van der Waals surface area contributed by atoms with Crippen molar-refractivity contribution in [2.75, 3.05) is 4.90 Å². The maximum Gasteiger partial charge on any atom is 0.210 e. The Morgan fingerprint density at radius 2 is 2.11 bits per heavy atom. The number of anilines is 1. The summed E-state index contributed by atoms with van der Waals surface area (Å²) in [5.74, 6) is 1.10. The van der Waals surface area contributed by atoms with Crippen LogP contribution >= 0.6 is 27.3 Å². The van der Waals surface area contributed by atoms with Crippen LogP contribution in [0.25, 0.3) is 0 Å². The summed E-state index contributed by atoms with van der Waals surface area (Å²) in [6.07, 6.45) is 4.92. The largest absolute Gasteiger partial charge is 0.465 e. The molecule has 0 radical (unpaired) electrons. The molecule has 3 nitrogen and oxygen atoms in total. The van der Waals surface area contributed by atoms with Crippen LogP contribution in [-0.4, -0.2) is 4.98 Å². The Kier molecular flexibility index (Phi) is 3.66. The van der Waals surface area contributed by atoms with Gasteiger partial charge in [-0.25, -0.2) is 9.37 Å². The van der Waals surface area contributed by atoms with Crippen LogP contribution in [-0.2, 0) is 6.42 Å². The minimum absolute atomic E-state index is 0.0647. The molecule has 1 aromatic heterocycles. The van der Waals surface area contributed by atoms with E-state index in [1.54, 1.807) is 17.4 Å². The van der Waals surface area contributed by atoms with Gasteiger partial charge in [0.2, 0.25) is 6.23 Å². The van der Waals surface area contributed by atoms with E-state index < -0.39 is 0 Å². The number of aryl methyl sites for hydroxylation is 1. The minimum Gasteiger partial charge on any atom is -0.465 e. The van der Waals surface area contributed by atoms with E-state index in [0.717, 1.165) is 27.0 Å². The van der Waals surface area contributed by atoms with Gasteiger partial charge in [0.15, 0.2) is 0 Å². The number of nitrogens with zero attached hydrogens (tertiary/aromatic N) is 2. The zero-order valence-corrected chi connectivity index (χ0v) is 17.7. The average molecular weight is 457 g/mol. The van der Waals surface area contributed by atoms with Gasteiger partial charge in [-0.1, -0.05) is 15.9 Å². The Bertz CT molecular complexity index is 1110. The molecular weight excluding hydrogens is 439 g/mol. The first-order valence-corrected chi connectivity index (χ1v) is 11.2. The van der Waals surface area contributed by atoms with Crippen molar-refractivity contribution in [2.45, 2.75) is 44.4 Å². The smallest absolute Gasteiger partial charge is 0.210 e. The summed E-state index contributed by atoms with van der Waals surface area (Å²) in [5.41, 5.74) is 3.88. The molecule has 1 fully saturated rings. The second-order valence-corrected chi connectivity index (χ2v) is 9.91. The summed E-state index contributed by atoms with van der Waals surface area (Å²) in [7, 11) is 0. The van der Waals surface area contributed by atoms with Crippen LogP contribution in [0.2, 0.25) is 0 Å². The molecule has 3 aliphatic rings. The van der Waals surface area contributed by atoms with Crippen LogP contribution in [0.5, 0.6) is 5.75 Å². The average Bonchev–Trinajstić information content (AvgIpc) is 3.26. The molecule has 0 amide bonds. The van der Waals surface area contributed by atoms with E-state index in [4.69, 9.17) is 4.74 Å². The first-order chi connectivity index (χ1) is 13.6. The zero-order chi connectivity index (χ0) is 19.0. The number of hydrogen-bond donors (Lipinski definition) is 0. The second-order valence-electron chi connectivity index (χ2n) is 7.90. The molecule has 0 spiro atoms. The van der Waals surface area contributed by atoms with Crippen molar-refractivity contribution in [3.05, 3.63) is 73.4 Å². The van der Waals surface area contributed by atoms with Gasteiger partial charge >= 0.3 is 0 Å². The molecule has 2 aliphatic heterocycles. The lowest BCUT2D eigenvalue weighted by molar-refractivity contribution is 0.167. The second kappa shape index (κ2) is 6.04. The first kappa shape index (κ1) is 17.0. The van der Waals surface area contributed by atoms with E-state index in [1.165, 1.54) is 23.4 Å². The number of aromatic nitrogens is 1. The van der Waals surface area contributed by atoms with Gasteiger partial charge in [0.05, 0.1) is 21.5 Å². The summed E-state index contributed by atoms with van der Waals surface area (Å²) < 4.78 is 22.5. The van der Waals surface area contributed by atoms with Crippen molar-refractivity contribution in [3.8, 4) is 5.75 Å². The van der Waals surface area contributed by atoms with Crippen LogP contribution in [0.4, 0.5) is 10.1 Å². The van der Waals surface area contributed by atoms with E-state index in [9.17, 15) is 4.39 Å². The Balaban J connectivity index is 1.52. The van der Waals surface area contributed by atoms with Crippen molar-refractivity contribution >= 4 is 33.0 Å². The van der Waals surface area contributed by atoms with Gasteiger partial charge in [0.25, 0.3) is 0 Å². The minimum atomic E-state index is -0.272. The lowest BCUT2D eigenvalue weighted by atomic mass is 9.97. The molecule has 3 aromatic rings. The zero-order valence-electron chi connectivity index (χ0n) is 15.3. The molecule has 2 atom stereocenters. The fraction of sp³-hybridized carbons (Fsp3) is 0.318. The normalized spacial score (nSPS) is 22.5. The highest BCUT2D eigenvalue weighted by molar-refractivity contribution is 9.10. The van der Waals surface area contributed by atoms with E-state index >= 15 is 0 Å². The highest BCUT2D eigenvalue weighted by Gasteiger charge is 2.44. The van der Waals surface area contributed by atoms with Gasteiger partial charge in [-0.3, -0.25) is 0 Å². The molecule has 1 saturated carbocycles. The van der Waals surface area contributed by atoms with Gasteiger partial charge in [-0.2, -0.15) is 0 Å². The fourth-order valence-electron chi connectivity index (χ4n) is 4.42. The number of rotatable bonds is 2. The molecule has 2 aromatic carbocycles. The number of thiazole rings is 1. The summed E-state index contributed by atoms with van der Waals surface area (Å²) >= 11 is 5.31. The van der Waals surface area contributed by atoms with Crippen LogP contribution in [0.3, 0.4) is 0 Å². The molecule has 0 bridgehead atoms. The number of halogens is 2. The third-order valence-electron chi connectivity index (χ3n) is 5.84. The van der Waals surface area contributed by atoms with E-state index in [2.05, 4.69) is 37.9 Å². The third-order valence-corrected chi connectivity index (χ3v) is 7.52. The van der Waals surface area contributed by atoms with Crippen LogP contribution in [0.1, 0.15) is 57.6 Å². The molecular formula is C22H18BrFN2OS. The number of ether oxygens (including phenoxy) is 1. The van der Waals surface area contributed by atoms with Gasteiger partial charge in [0.1, 0.15) is 11.6 Å². The predicted octanol–water partition coefficient (Wildman–Crippen LogP) is 6.43. The Labute approximate surface area is 175 Å². The molecule has 0 N–H and O–H groups in total. The molecule has 3 heterocycles. The monoisotopic (exact) mass is 456 g/mol. The van der Waals surface area contributed by atoms with Gasteiger partial charge in [0, 0.05) is 22.3 Å². The van der Waals surface area contributed by atoms with Crippen LogP contribution in [0, 0.1) is 12.7 Å². The van der Waals surface area contributed by atoms with Crippen molar-refractivity contribution in [2.24, 2.45) is 0 Å². The summed E-state index contributed by atoms with van der Waals surface area (Å²) in [6.45, 7) is 1.91. The third kappa shape index (κ3) is 2.54. The SMILES string of the molecule is Cc1cc(F)c2c(c1)OC(c1cnc(C3CC3)s1)N1c3ccc(Br)cc3CC21. The maximum atomic E-state index is 15.0. The predicted molar refractivity (Wildman–Crippen MR) is 112 cm³/mol. The van der Waals surface area contributed by atoms with Crippen molar-refractivity contribution in [3.63, 3.8) is 0 Å². The molecule has 28 heavy (non-hydrogen) atoms. The Morgan fingerprint density at radius 1 is 1.25 bits per heavy atom. The van der Waals surface area contributed by atoms with Gasteiger partial charge < -0.3 is 9.64 Å². The highest BCUT2D eigenvalue weighted by Crippen LogP contribution is 2.54. The Hall–Kier alpha value is -1.92. The first-order valence-electron chi connectivity index (χ1n) is 9.57. The molecule has 6 rings (SSSR count). The van der Waals surface area contributed by atoms with Crippen LogP contribution in [0.15, 0.2) is 41.0 Å². The molecule has 2 unspecified atom stereocenters. The maximum absolute atomic E-state index is 15.0. The van der Waals surface area contributed by atoms with E-state index in [-0.39, 0.29) is 18.1 Å². The fourth-order valence-corrected chi connectivity index (χ4v) is 5.95. The molecule has 1 aliphatic carbocycles. The number of fused-ring (bicyclic) bond motifs is 5. The summed E-state index contributed by atoms with van der Waals surface area (Å²) in [6, 6.07) is 9.79. The molecule has 6 heteroatoms. The van der Waals surface area contributed by atoms with Crippen molar-refractivity contribution < 1.29 is 9.13 Å². The lowest BCUT2D eigenvalue weighted by Crippen LogP contribution is -2.38. The lowest BCUT2D eigenvalue weighted by Gasteiger charge is -2.40. The standard InChI is InChI=1S/C22H18BrFN2OS/c1-11-6-15(24)20-17-9-13-8-14(23)4-5-16(13)26(17)22(27-18(20)7-11)19-10-25-21(28-19)12-2-3-12/h4-8,10,12,17,22H,2-3,9H2,1H3. The number of hydrogen-bond acceptors (Lipinski definition) is 4. The van der Waals surface area contributed by atoms with E-state index in [0.29, 0.717) is 17.2 Å². The quantitative estimate of drug-likeness (QED) is 0.444. The van der Waals surface area contributed by atoms with Gasteiger partial charge in [-0.05, 0) is 67.6 Å². The van der Waals surface area contributed by atoms with Crippen molar-refractivity contribution in [1.82, 2.24) is 4.98 Å². The highest BCUT2D eigenvalue weighted by atomic mass is 79.9. The van der Waals surface area contributed by atoms with Crippen LogP contribution < -0.4 is 9.64 Å². The Morgan fingerprint density at radius 3 is 2.93 bits per heavy atom. The summed E-state index contributed by atoms with van der Waals surface area (Å²) in [5, 5.41) is 1.20. The molecule has 142 valence electrons.